The number of nitrogens with zero attached hydrogens (tertiary/aromatic N) is 2. The Labute approximate surface area is 144 Å². The number of likely N-dealkylation sites (N-methyl/N-ethyl adjacent to an activating group) is 1. The molecule has 24 heavy (non-hydrogen) atoms. The largest absolute Gasteiger partial charge is 0.383 e. The molecule has 1 amide bonds. The molecule has 1 aromatic rings. The fourth-order valence-electron chi connectivity index (χ4n) is 3.19. The van der Waals surface area contributed by atoms with Crippen molar-refractivity contribution in [1.29, 1.82) is 0 Å². The molecule has 134 valence electrons. The summed E-state index contributed by atoms with van der Waals surface area (Å²) in [6.45, 7) is 7.13. The quantitative estimate of drug-likeness (QED) is 0.698. The fourth-order valence-corrected chi connectivity index (χ4v) is 3.19. The van der Waals surface area contributed by atoms with Crippen LogP contribution in [0.1, 0.15) is 47.6 Å². The molecule has 6 nitrogen and oxygen atoms in total. The number of ketones is 1. The zero-order chi connectivity index (χ0) is 17.9. The number of ether oxygens (including phenoxy) is 1. The normalized spacial score (nSPS) is 15.6. The molecule has 0 spiro atoms. The van der Waals surface area contributed by atoms with E-state index in [9.17, 15) is 9.59 Å². The highest BCUT2D eigenvalue weighted by Gasteiger charge is 2.24. The molecular formula is C18H29N3O3. The summed E-state index contributed by atoms with van der Waals surface area (Å²) in [5.74, 6) is 0.0349. The number of carbonyl (C=O) groups excluding carboxylic acids is 2. The Hall–Kier alpha value is -1.66. The number of amides is 1. The summed E-state index contributed by atoms with van der Waals surface area (Å²) >= 11 is 0. The number of carbonyl (C=O) groups is 2. The molecule has 0 unspecified atom stereocenters. The van der Waals surface area contributed by atoms with Gasteiger partial charge in [-0.2, -0.15) is 0 Å². The van der Waals surface area contributed by atoms with E-state index in [0.29, 0.717) is 12.6 Å². The van der Waals surface area contributed by atoms with Gasteiger partial charge in [0.2, 0.25) is 5.91 Å². The van der Waals surface area contributed by atoms with Crippen LogP contribution in [0.3, 0.4) is 0 Å². The zero-order valence-electron chi connectivity index (χ0n) is 15.4. The molecule has 0 saturated heterocycles. The van der Waals surface area contributed by atoms with Gasteiger partial charge in [-0.1, -0.05) is 0 Å². The lowest BCUT2D eigenvalue weighted by atomic mass is 10.1. The van der Waals surface area contributed by atoms with Gasteiger partial charge in [0.05, 0.1) is 25.7 Å². The van der Waals surface area contributed by atoms with E-state index in [-0.39, 0.29) is 30.8 Å². The first-order valence-electron chi connectivity index (χ1n) is 8.52. The van der Waals surface area contributed by atoms with Crippen LogP contribution in [0.15, 0.2) is 6.07 Å². The molecule has 0 radical (unpaired) electrons. The number of nitrogens with one attached hydrogen (secondary N) is 1. The summed E-state index contributed by atoms with van der Waals surface area (Å²) in [5.41, 5.74) is 2.73. The van der Waals surface area contributed by atoms with Crippen molar-refractivity contribution < 1.29 is 14.3 Å². The second kappa shape index (κ2) is 7.94. The van der Waals surface area contributed by atoms with Crippen LogP contribution in [-0.4, -0.2) is 61.1 Å². The lowest BCUT2D eigenvalue weighted by Gasteiger charge is -2.18. The van der Waals surface area contributed by atoms with Gasteiger partial charge in [-0.15, -0.1) is 0 Å². The molecule has 1 aromatic heterocycles. The average Bonchev–Trinajstić information content (AvgIpc) is 3.22. The summed E-state index contributed by atoms with van der Waals surface area (Å²) in [6, 6.07) is 2.46. The molecule has 1 aliphatic carbocycles. The molecule has 2 rings (SSSR count). The number of Topliss-reactive ketones (excluding diaryl/α,β-unsaturated/α-hetero) is 1. The predicted octanol–water partition coefficient (Wildman–Crippen LogP) is 1.71. The molecule has 0 aromatic carbocycles. The van der Waals surface area contributed by atoms with E-state index in [4.69, 9.17) is 4.74 Å². The standard InChI is InChI=1S/C18H29N3O3/c1-12-8-16(14(3)21(12)13(2)11-24-5)17(22)9-20(4)10-18(23)19-15-6-7-15/h8,13,15H,6-7,9-11H2,1-5H3,(H,19,23)/t13-/m1/s1. The Balaban J connectivity index is 1.98. The van der Waals surface area contributed by atoms with Crippen molar-refractivity contribution in [2.24, 2.45) is 0 Å². The van der Waals surface area contributed by atoms with Crippen LogP contribution in [0.2, 0.25) is 0 Å². The minimum Gasteiger partial charge on any atom is -0.383 e. The summed E-state index contributed by atoms with van der Waals surface area (Å²) in [4.78, 5) is 26.2. The van der Waals surface area contributed by atoms with Crippen LogP contribution in [0.25, 0.3) is 0 Å². The molecule has 0 aliphatic heterocycles. The number of aromatic nitrogens is 1. The number of rotatable bonds is 9. The minimum atomic E-state index is -0.00742. The van der Waals surface area contributed by atoms with Gasteiger partial charge in [-0.05, 0) is 46.7 Å². The van der Waals surface area contributed by atoms with Crippen molar-refractivity contribution >= 4 is 11.7 Å². The van der Waals surface area contributed by atoms with Crippen molar-refractivity contribution in [3.63, 3.8) is 0 Å². The van der Waals surface area contributed by atoms with E-state index >= 15 is 0 Å². The molecule has 1 N–H and O–H groups in total. The average molecular weight is 335 g/mol. The van der Waals surface area contributed by atoms with Crippen molar-refractivity contribution in [3.8, 4) is 0 Å². The monoisotopic (exact) mass is 335 g/mol. The van der Waals surface area contributed by atoms with Crippen molar-refractivity contribution in [3.05, 3.63) is 23.0 Å². The Morgan fingerprint density at radius 1 is 1.38 bits per heavy atom. The topological polar surface area (TPSA) is 63.6 Å². The van der Waals surface area contributed by atoms with Gasteiger partial charge in [-0.3, -0.25) is 14.5 Å². The van der Waals surface area contributed by atoms with E-state index in [1.54, 1.807) is 19.1 Å². The smallest absolute Gasteiger partial charge is 0.234 e. The van der Waals surface area contributed by atoms with Crippen LogP contribution >= 0.6 is 0 Å². The van der Waals surface area contributed by atoms with E-state index in [0.717, 1.165) is 29.8 Å². The zero-order valence-corrected chi connectivity index (χ0v) is 15.4. The summed E-state index contributed by atoms with van der Waals surface area (Å²) < 4.78 is 7.36. The first kappa shape index (κ1) is 18.7. The van der Waals surface area contributed by atoms with Crippen molar-refractivity contribution in [2.75, 3.05) is 33.9 Å². The Morgan fingerprint density at radius 2 is 2.04 bits per heavy atom. The molecule has 0 bridgehead atoms. The SMILES string of the molecule is COC[C@@H](C)n1c(C)cc(C(=O)CN(C)CC(=O)NC2CC2)c1C. The first-order valence-corrected chi connectivity index (χ1v) is 8.52. The summed E-state index contributed by atoms with van der Waals surface area (Å²) in [5, 5.41) is 2.94. The molecule has 1 aliphatic rings. The number of hydrogen-bond donors (Lipinski definition) is 1. The third-order valence-corrected chi connectivity index (χ3v) is 4.40. The van der Waals surface area contributed by atoms with E-state index in [1.165, 1.54) is 0 Å². The van der Waals surface area contributed by atoms with E-state index < -0.39 is 0 Å². The van der Waals surface area contributed by atoms with Crippen molar-refractivity contribution in [2.45, 2.75) is 45.7 Å². The van der Waals surface area contributed by atoms with Gasteiger partial charge in [0.25, 0.3) is 0 Å². The highest BCUT2D eigenvalue weighted by Crippen LogP contribution is 2.21. The number of hydrogen-bond acceptors (Lipinski definition) is 4. The van der Waals surface area contributed by atoms with Gasteiger partial charge in [0.1, 0.15) is 0 Å². The maximum absolute atomic E-state index is 12.6. The van der Waals surface area contributed by atoms with Gasteiger partial charge in [0.15, 0.2) is 5.78 Å². The third kappa shape index (κ3) is 4.68. The predicted molar refractivity (Wildman–Crippen MR) is 93.5 cm³/mol. The maximum Gasteiger partial charge on any atom is 0.234 e. The van der Waals surface area contributed by atoms with Gasteiger partial charge in [0, 0.05) is 30.1 Å². The third-order valence-electron chi connectivity index (χ3n) is 4.40. The van der Waals surface area contributed by atoms with Crippen LogP contribution in [0, 0.1) is 13.8 Å². The van der Waals surface area contributed by atoms with Gasteiger partial charge >= 0.3 is 0 Å². The lowest BCUT2D eigenvalue weighted by molar-refractivity contribution is -0.121. The van der Waals surface area contributed by atoms with E-state index in [2.05, 4.69) is 16.8 Å². The van der Waals surface area contributed by atoms with Crippen LogP contribution in [0.5, 0.6) is 0 Å². The molecule has 1 atom stereocenters. The molecule has 1 fully saturated rings. The maximum atomic E-state index is 12.6. The highest BCUT2D eigenvalue weighted by molar-refractivity contribution is 5.99. The fraction of sp³-hybridized carbons (Fsp3) is 0.667. The highest BCUT2D eigenvalue weighted by atomic mass is 16.5. The van der Waals surface area contributed by atoms with Crippen LogP contribution in [-0.2, 0) is 9.53 Å². The van der Waals surface area contributed by atoms with Gasteiger partial charge < -0.3 is 14.6 Å². The second-order valence-corrected chi connectivity index (χ2v) is 6.90. The first-order chi connectivity index (χ1) is 11.3. The van der Waals surface area contributed by atoms with Gasteiger partial charge in [-0.25, -0.2) is 0 Å². The Morgan fingerprint density at radius 3 is 2.62 bits per heavy atom. The second-order valence-electron chi connectivity index (χ2n) is 6.90. The molecule has 1 saturated carbocycles. The number of aryl methyl sites for hydroxylation is 1. The van der Waals surface area contributed by atoms with E-state index in [1.807, 2.05) is 19.9 Å². The molecular weight excluding hydrogens is 306 g/mol. The number of methoxy groups -OCH3 is 1. The van der Waals surface area contributed by atoms with Crippen LogP contribution in [0.4, 0.5) is 0 Å². The molecule has 6 heteroatoms. The minimum absolute atomic E-state index is 0.00742. The van der Waals surface area contributed by atoms with Crippen LogP contribution < -0.4 is 5.32 Å². The summed E-state index contributed by atoms with van der Waals surface area (Å²) in [7, 11) is 3.48. The van der Waals surface area contributed by atoms with Crippen molar-refractivity contribution in [1.82, 2.24) is 14.8 Å². The Kier molecular flexibility index (Phi) is 6.18. The lowest BCUT2D eigenvalue weighted by Crippen LogP contribution is -2.38. The Bertz CT molecular complexity index is 605. The molecule has 1 heterocycles. The summed E-state index contributed by atoms with van der Waals surface area (Å²) in [6.07, 6.45) is 2.14.